The highest BCUT2D eigenvalue weighted by molar-refractivity contribution is 7.71. The monoisotopic (exact) mass is 225 g/mol. The van der Waals surface area contributed by atoms with E-state index in [0.717, 1.165) is 15.5 Å². The SMILES string of the molecule is Cc1cn(C(C)c2nccs2)c(=S)[nH]1. The van der Waals surface area contributed by atoms with Crippen molar-refractivity contribution in [1.82, 2.24) is 14.5 Å². The molecule has 74 valence electrons. The van der Waals surface area contributed by atoms with E-state index >= 15 is 0 Å². The minimum absolute atomic E-state index is 0.215. The van der Waals surface area contributed by atoms with Gasteiger partial charge in [0.15, 0.2) is 4.77 Å². The molecule has 0 radical (unpaired) electrons. The number of nitrogens with zero attached hydrogens (tertiary/aromatic N) is 2. The maximum absolute atomic E-state index is 5.21. The Balaban J connectivity index is 2.41. The van der Waals surface area contributed by atoms with Crippen LogP contribution >= 0.6 is 23.6 Å². The van der Waals surface area contributed by atoms with Crippen molar-refractivity contribution in [2.75, 3.05) is 0 Å². The van der Waals surface area contributed by atoms with E-state index in [1.54, 1.807) is 11.3 Å². The molecule has 3 nitrogen and oxygen atoms in total. The molecule has 0 aliphatic carbocycles. The Bertz CT molecular complexity index is 466. The molecule has 0 saturated carbocycles. The zero-order chi connectivity index (χ0) is 10.1. The predicted octanol–water partition coefficient (Wildman–Crippen LogP) is 2.92. The molecule has 0 saturated heterocycles. The molecule has 2 heterocycles. The third-order valence-electron chi connectivity index (χ3n) is 2.10. The van der Waals surface area contributed by atoms with Crippen LogP contribution in [0.5, 0.6) is 0 Å². The molecule has 0 bridgehead atoms. The zero-order valence-electron chi connectivity index (χ0n) is 8.02. The molecule has 1 N–H and O–H groups in total. The van der Waals surface area contributed by atoms with Crippen LogP contribution in [0.25, 0.3) is 0 Å². The Labute approximate surface area is 91.4 Å². The molecule has 14 heavy (non-hydrogen) atoms. The lowest BCUT2D eigenvalue weighted by molar-refractivity contribution is 0.626. The van der Waals surface area contributed by atoms with Crippen molar-refractivity contribution in [2.45, 2.75) is 19.9 Å². The van der Waals surface area contributed by atoms with E-state index in [9.17, 15) is 0 Å². The molecule has 1 unspecified atom stereocenters. The maximum Gasteiger partial charge on any atom is 0.177 e. The molecule has 0 aromatic carbocycles. The van der Waals surface area contributed by atoms with Crippen LogP contribution in [0.2, 0.25) is 0 Å². The second-order valence-electron chi connectivity index (χ2n) is 3.20. The van der Waals surface area contributed by atoms with Crippen molar-refractivity contribution in [1.29, 1.82) is 0 Å². The molecule has 2 aromatic rings. The molecule has 0 spiro atoms. The average Bonchev–Trinajstić information content (AvgIpc) is 2.73. The standard InChI is InChI=1S/C9H11N3S2/c1-6-5-12(9(13)11-6)7(2)8-10-3-4-14-8/h3-5,7H,1-2H3,(H,11,13). The van der Waals surface area contributed by atoms with Crippen molar-refractivity contribution in [3.63, 3.8) is 0 Å². The lowest BCUT2D eigenvalue weighted by Gasteiger charge is -2.08. The van der Waals surface area contributed by atoms with Gasteiger partial charge in [-0.2, -0.15) is 0 Å². The number of rotatable bonds is 2. The first-order chi connectivity index (χ1) is 6.68. The summed E-state index contributed by atoms with van der Waals surface area (Å²) in [5.74, 6) is 0. The molecule has 2 rings (SSSR count). The number of thiazole rings is 1. The van der Waals surface area contributed by atoms with Gasteiger partial charge in [0.05, 0.1) is 6.04 Å². The molecule has 5 heteroatoms. The van der Waals surface area contributed by atoms with Crippen LogP contribution < -0.4 is 0 Å². The highest BCUT2D eigenvalue weighted by Crippen LogP contribution is 2.20. The Hall–Kier alpha value is -0.940. The van der Waals surface area contributed by atoms with Gasteiger partial charge in [0, 0.05) is 23.5 Å². The van der Waals surface area contributed by atoms with Crippen molar-refractivity contribution < 1.29 is 0 Å². The molecule has 0 aliphatic heterocycles. The largest absolute Gasteiger partial charge is 0.335 e. The van der Waals surface area contributed by atoms with Gasteiger partial charge in [-0.1, -0.05) is 0 Å². The summed E-state index contributed by atoms with van der Waals surface area (Å²) in [7, 11) is 0. The van der Waals surface area contributed by atoms with Crippen molar-refractivity contribution in [3.8, 4) is 0 Å². The number of H-pyrrole nitrogens is 1. The van der Waals surface area contributed by atoms with E-state index in [1.165, 1.54) is 0 Å². The predicted molar refractivity (Wildman–Crippen MR) is 60.3 cm³/mol. The molecule has 1 atom stereocenters. The van der Waals surface area contributed by atoms with Crippen LogP contribution in [-0.2, 0) is 0 Å². The lowest BCUT2D eigenvalue weighted by Crippen LogP contribution is -2.04. The summed E-state index contributed by atoms with van der Waals surface area (Å²) >= 11 is 6.86. The Kier molecular flexibility index (Phi) is 2.52. The number of hydrogen-bond donors (Lipinski definition) is 1. The van der Waals surface area contributed by atoms with E-state index < -0.39 is 0 Å². The summed E-state index contributed by atoms with van der Waals surface area (Å²) in [6.07, 6.45) is 3.84. The highest BCUT2D eigenvalue weighted by Gasteiger charge is 2.11. The van der Waals surface area contributed by atoms with E-state index in [2.05, 4.69) is 16.9 Å². The first kappa shape index (κ1) is 9.61. The van der Waals surface area contributed by atoms with Crippen LogP contribution in [0.1, 0.15) is 23.7 Å². The van der Waals surface area contributed by atoms with E-state index in [1.807, 2.05) is 29.3 Å². The smallest absolute Gasteiger partial charge is 0.177 e. The number of hydrogen-bond acceptors (Lipinski definition) is 3. The van der Waals surface area contributed by atoms with Crippen LogP contribution in [0.15, 0.2) is 17.8 Å². The number of imidazole rings is 1. The maximum atomic E-state index is 5.21. The fraction of sp³-hybridized carbons (Fsp3) is 0.333. The molecule has 0 fully saturated rings. The molecule has 0 aliphatic rings. The Morgan fingerprint density at radius 1 is 1.64 bits per heavy atom. The summed E-state index contributed by atoms with van der Waals surface area (Å²) in [6.45, 7) is 4.10. The van der Waals surface area contributed by atoms with Crippen LogP contribution in [0.3, 0.4) is 0 Å². The fourth-order valence-corrected chi connectivity index (χ4v) is 2.45. The van der Waals surface area contributed by atoms with Crippen molar-refractivity contribution in [2.24, 2.45) is 0 Å². The summed E-state index contributed by atoms with van der Waals surface area (Å²) in [4.78, 5) is 7.39. The zero-order valence-corrected chi connectivity index (χ0v) is 9.65. The summed E-state index contributed by atoms with van der Waals surface area (Å²) in [5.41, 5.74) is 1.08. The normalized spacial score (nSPS) is 13.0. The van der Waals surface area contributed by atoms with Gasteiger partial charge in [-0.3, -0.25) is 0 Å². The third-order valence-corrected chi connectivity index (χ3v) is 3.36. The molecule has 0 amide bonds. The Morgan fingerprint density at radius 3 is 2.93 bits per heavy atom. The number of aryl methyl sites for hydroxylation is 1. The van der Waals surface area contributed by atoms with Gasteiger partial charge in [0.1, 0.15) is 5.01 Å². The first-order valence-corrected chi connectivity index (χ1v) is 5.64. The van der Waals surface area contributed by atoms with Crippen LogP contribution in [-0.4, -0.2) is 14.5 Å². The van der Waals surface area contributed by atoms with Gasteiger partial charge in [-0.25, -0.2) is 4.98 Å². The second kappa shape index (κ2) is 3.67. The van der Waals surface area contributed by atoms with Gasteiger partial charge in [-0.15, -0.1) is 11.3 Å². The number of aromatic amines is 1. The minimum Gasteiger partial charge on any atom is -0.335 e. The number of aromatic nitrogens is 3. The van der Waals surface area contributed by atoms with Crippen LogP contribution in [0.4, 0.5) is 0 Å². The van der Waals surface area contributed by atoms with E-state index in [-0.39, 0.29) is 6.04 Å². The summed E-state index contributed by atoms with van der Waals surface area (Å²) < 4.78 is 2.79. The fourth-order valence-electron chi connectivity index (χ4n) is 1.38. The van der Waals surface area contributed by atoms with Gasteiger partial charge >= 0.3 is 0 Å². The van der Waals surface area contributed by atoms with Crippen LogP contribution in [0, 0.1) is 11.7 Å². The van der Waals surface area contributed by atoms with Crippen molar-refractivity contribution >= 4 is 23.6 Å². The topological polar surface area (TPSA) is 33.6 Å². The third kappa shape index (κ3) is 1.65. The van der Waals surface area contributed by atoms with Gasteiger partial charge < -0.3 is 9.55 Å². The highest BCUT2D eigenvalue weighted by atomic mass is 32.1. The van der Waals surface area contributed by atoms with E-state index in [0.29, 0.717) is 0 Å². The molecule has 2 aromatic heterocycles. The Morgan fingerprint density at radius 2 is 2.43 bits per heavy atom. The van der Waals surface area contributed by atoms with Crippen molar-refractivity contribution in [3.05, 3.63) is 33.2 Å². The first-order valence-electron chi connectivity index (χ1n) is 4.35. The van der Waals surface area contributed by atoms with Gasteiger partial charge in [0.25, 0.3) is 0 Å². The molecular weight excluding hydrogens is 214 g/mol. The average molecular weight is 225 g/mol. The lowest BCUT2D eigenvalue weighted by atomic mass is 10.3. The number of nitrogens with one attached hydrogen (secondary N) is 1. The molecular formula is C9H11N3S2. The summed E-state index contributed by atoms with van der Waals surface area (Å²) in [6, 6.07) is 0.215. The quantitative estimate of drug-likeness (QED) is 0.797. The van der Waals surface area contributed by atoms with Gasteiger partial charge in [0.2, 0.25) is 0 Å². The van der Waals surface area contributed by atoms with Gasteiger partial charge in [-0.05, 0) is 26.1 Å². The summed E-state index contributed by atoms with van der Waals surface area (Å²) in [5, 5.41) is 3.06. The minimum atomic E-state index is 0.215. The van der Waals surface area contributed by atoms with E-state index in [4.69, 9.17) is 12.2 Å². The second-order valence-corrected chi connectivity index (χ2v) is 4.51.